The molecule has 2 aliphatic rings. The molecule has 0 bridgehead atoms. The Morgan fingerprint density at radius 3 is 2.53 bits per heavy atom. The number of halogens is 1. The second-order valence-corrected chi connectivity index (χ2v) is 6.39. The van der Waals surface area contributed by atoms with Crippen molar-refractivity contribution >= 4 is 41.7 Å². The molecule has 2 fully saturated rings. The molecule has 0 atom stereocenters. The van der Waals surface area contributed by atoms with Gasteiger partial charge in [0.2, 0.25) is 0 Å². The first-order valence-electron chi connectivity index (χ1n) is 6.33. The molecule has 0 aromatic heterocycles. The first-order valence-corrected chi connectivity index (χ1v) is 7.55. The second kappa shape index (κ2) is 7.07. The van der Waals surface area contributed by atoms with Crippen LogP contribution in [0.1, 0.15) is 38.5 Å². The molecule has 0 aliphatic heterocycles. The largest absolute Gasteiger partial charge is 0.370 e. The van der Waals surface area contributed by atoms with Gasteiger partial charge in [0.15, 0.2) is 5.96 Å². The van der Waals surface area contributed by atoms with Crippen molar-refractivity contribution in [2.75, 3.05) is 19.3 Å². The van der Waals surface area contributed by atoms with Crippen LogP contribution in [0.15, 0.2) is 4.99 Å². The van der Waals surface area contributed by atoms with Crippen LogP contribution in [-0.4, -0.2) is 30.1 Å². The van der Waals surface area contributed by atoms with Crippen molar-refractivity contribution in [3.05, 3.63) is 0 Å². The number of nitrogens with two attached hydrogens (primary N) is 1. The fraction of sp³-hybridized carbons (Fsp3) is 0.917. The summed E-state index contributed by atoms with van der Waals surface area (Å²) in [5.41, 5.74) is 5.87. The zero-order valence-electron chi connectivity index (χ0n) is 10.6. The highest BCUT2D eigenvalue weighted by molar-refractivity contribution is 14.0. The molecule has 3 N–H and O–H groups in total. The van der Waals surface area contributed by atoms with Crippen molar-refractivity contribution in [1.29, 1.82) is 0 Å². The summed E-state index contributed by atoms with van der Waals surface area (Å²) < 4.78 is 0.406. The van der Waals surface area contributed by atoms with Gasteiger partial charge in [0.1, 0.15) is 0 Å². The van der Waals surface area contributed by atoms with Gasteiger partial charge in [-0.2, -0.15) is 11.8 Å². The fourth-order valence-electron chi connectivity index (χ4n) is 2.23. The van der Waals surface area contributed by atoms with E-state index in [4.69, 9.17) is 5.73 Å². The number of nitrogens with one attached hydrogen (secondary N) is 1. The van der Waals surface area contributed by atoms with Gasteiger partial charge in [-0.25, -0.2) is 0 Å². The number of rotatable bonds is 5. The van der Waals surface area contributed by atoms with E-state index < -0.39 is 0 Å². The van der Waals surface area contributed by atoms with Crippen LogP contribution in [0.5, 0.6) is 0 Å². The molecule has 3 nitrogen and oxygen atoms in total. The molecule has 0 aromatic carbocycles. The summed E-state index contributed by atoms with van der Waals surface area (Å²) in [5.74, 6) is 1.49. The third kappa shape index (κ3) is 4.19. The van der Waals surface area contributed by atoms with Gasteiger partial charge in [0.05, 0.1) is 6.54 Å². The monoisotopic (exact) mass is 369 g/mol. The smallest absolute Gasteiger partial charge is 0.188 e. The Labute approximate surface area is 126 Å². The Balaban J connectivity index is 0.00000144. The molecule has 2 aliphatic carbocycles. The molecule has 17 heavy (non-hydrogen) atoms. The van der Waals surface area contributed by atoms with Gasteiger partial charge in [0.25, 0.3) is 0 Å². The maximum Gasteiger partial charge on any atom is 0.188 e. The average molecular weight is 369 g/mol. The number of guanidine groups is 1. The van der Waals surface area contributed by atoms with E-state index in [1.165, 1.54) is 38.5 Å². The standard InChI is InChI=1S/C12H23N3S.HI/c1-16-12(6-3-7-12)9-15-11(13)14-8-10-4-2-5-10;/h10H,2-9H2,1H3,(H3,13,14,15);1H. The topological polar surface area (TPSA) is 50.4 Å². The summed E-state index contributed by atoms with van der Waals surface area (Å²) in [6.45, 7) is 1.90. The highest BCUT2D eigenvalue weighted by Crippen LogP contribution is 2.42. The van der Waals surface area contributed by atoms with Crippen molar-refractivity contribution < 1.29 is 0 Å². The number of hydrogen-bond acceptors (Lipinski definition) is 2. The zero-order valence-corrected chi connectivity index (χ0v) is 13.7. The van der Waals surface area contributed by atoms with Crippen molar-refractivity contribution in [3.8, 4) is 0 Å². The van der Waals surface area contributed by atoms with Crippen LogP contribution < -0.4 is 11.1 Å². The van der Waals surface area contributed by atoms with Crippen LogP contribution in [0.25, 0.3) is 0 Å². The molecule has 2 rings (SSSR count). The summed E-state index contributed by atoms with van der Waals surface area (Å²) in [6, 6.07) is 0. The number of nitrogens with zero attached hydrogens (tertiary/aromatic N) is 1. The Kier molecular flexibility index (Phi) is 6.40. The van der Waals surface area contributed by atoms with Crippen molar-refractivity contribution in [2.24, 2.45) is 16.6 Å². The lowest BCUT2D eigenvalue weighted by molar-refractivity contribution is 0.315. The Morgan fingerprint density at radius 2 is 2.12 bits per heavy atom. The molecule has 0 aromatic rings. The summed E-state index contributed by atoms with van der Waals surface area (Å²) in [4.78, 5) is 4.48. The predicted octanol–water partition coefficient (Wildman–Crippen LogP) is 2.59. The van der Waals surface area contributed by atoms with E-state index in [-0.39, 0.29) is 24.0 Å². The highest BCUT2D eigenvalue weighted by atomic mass is 127. The lowest BCUT2D eigenvalue weighted by atomic mass is 9.84. The van der Waals surface area contributed by atoms with Gasteiger partial charge >= 0.3 is 0 Å². The molecule has 5 heteroatoms. The van der Waals surface area contributed by atoms with Gasteiger partial charge in [-0.05, 0) is 37.9 Å². The lowest BCUT2D eigenvalue weighted by Crippen LogP contribution is -2.41. The van der Waals surface area contributed by atoms with Crippen LogP contribution in [0.2, 0.25) is 0 Å². The van der Waals surface area contributed by atoms with Crippen LogP contribution in [0.4, 0.5) is 0 Å². The van der Waals surface area contributed by atoms with E-state index >= 15 is 0 Å². The van der Waals surface area contributed by atoms with E-state index in [2.05, 4.69) is 16.6 Å². The lowest BCUT2D eigenvalue weighted by Gasteiger charge is -2.39. The number of hydrogen-bond donors (Lipinski definition) is 2. The van der Waals surface area contributed by atoms with E-state index in [1.54, 1.807) is 0 Å². The minimum absolute atomic E-state index is 0. The summed E-state index contributed by atoms with van der Waals surface area (Å²) >= 11 is 1.95. The molecular formula is C12H24IN3S. The van der Waals surface area contributed by atoms with Gasteiger partial charge in [0, 0.05) is 11.3 Å². The maximum atomic E-state index is 5.87. The third-order valence-corrected chi connectivity index (χ3v) is 5.44. The van der Waals surface area contributed by atoms with E-state index in [0.717, 1.165) is 19.0 Å². The molecule has 0 heterocycles. The molecule has 0 unspecified atom stereocenters. The van der Waals surface area contributed by atoms with Crippen LogP contribution in [0.3, 0.4) is 0 Å². The first kappa shape index (κ1) is 15.4. The van der Waals surface area contributed by atoms with Gasteiger partial charge in [-0.15, -0.1) is 24.0 Å². The molecule has 0 saturated heterocycles. The number of aliphatic imine (C=N–C) groups is 1. The molecule has 100 valence electrons. The molecule has 2 saturated carbocycles. The minimum Gasteiger partial charge on any atom is -0.370 e. The Bertz CT molecular complexity index is 257. The maximum absolute atomic E-state index is 5.87. The van der Waals surface area contributed by atoms with Crippen LogP contribution in [0, 0.1) is 5.92 Å². The summed E-state index contributed by atoms with van der Waals surface area (Å²) in [6.07, 6.45) is 10.2. The normalized spacial score (nSPS) is 23.2. The molecule has 0 amide bonds. The third-order valence-electron chi connectivity index (χ3n) is 4.03. The SMILES string of the molecule is CSC1(CN=C(N)NCC2CCC2)CCC1.I. The van der Waals surface area contributed by atoms with Crippen molar-refractivity contribution in [2.45, 2.75) is 43.3 Å². The fourth-order valence-corrected chi connectivity index (χ4v) is 3.12. The molecule has 0 radical (unpaired) electrons. The van der Waals surface area contributed by atoms with Gasteiger partial charge < -0.3 is 11.1 Å². The Hall–Kier alpha value is 0.350. The van der Waals surface area contributed by atoms with Gasteiger partial charge in [-0.1, -0.05) is 12.8 Å². The van der Waals surface area contributed by atoms with E-state index in [9.17, 15) is 0 Å². The quantitative estimate of drug-likeness (QED) is 0.445. The molecule has 0 spiro atoms. The average Bonchev–Trinajstić information content (AvgIpc) is 2.14. The van der Waals surface area contributed by atoms with E-state index in [0.29, 0.717) is 10.7 Å². The Morgan fingerprint density at radius 1 is 1.41 bits per heavy atom. The van der Waals surface area contributed by atoms with Crippen molar-refractivity contribution in [3.63, 3.8) is 0 Å². The first-order chi connectivity index (χ1) is 7.74. The molecular weight excluding hydrogens is 345 g/mol. The van der Waals surface area contributed by atoms with Crippen LogP contribution in [-0.2, 0) is 0 Å². The van der Waals surface area contributed by atoms with Gasteiger partial charge in [-0.3, -0.25) is 4.99 Å². The second-order valence-electron chi connectivity index (χ2n) is 5.12. The van der Waals surface area contributed by atoms with Crippen LogP contribution >= 0.6 is 35.7 Å². The predicted molar refractivity (Wildman–Crippen MR) is 87.3 cm³/mol. The van der Waals surface area contributed by atoms with Crippen molar-refractivity contribution in [1.82, 2.24) is 5.32 Å². The zero-order chi connectivity index (χ0) is 11.4. The highest BCUT2D eigenvalue weighted by Gasteiger charge is 2.35. The summed E-state index contributed by atoms with van der Waals surface area (Å²) in [5, 5.41) is 3.25. The van der Waals surface area contributed by atoms with E-state index in [1.807, 2.05) is 11.8 Å². The number of thioether (sulfide) groups is 1. The summed E-state index contributed by atoms with van der Waals surface area (Å²) in [7, 11) is 0. The minimum atomic E-state index is 0.